The van der Waals surface area contributed by atoms with Crippen molar-refractivity contribution in [2.75, 3.05) is 22.1 Å². The Morgan fingerprint density at radius 1 is 1.17 bits per heavy atom. The number of thioether (sulfide) groups is 1. The van der Waals surface area contributed by atoms with Crippen LogP contribution in [0.15, 0.2) is 53.0 Å². The van der Waals surface area contributed by atoms with Crippen molar-refractivity contribution in [3.8, 4) is 0 Å². The topological polar surface area (TPSA) is 106 Å². The predicted octanol–water partition coefficient (Wildman–Crippen LogP) is 4.70. The summed E-state index contributed by atoms with van der Waals surface area (Å²) in [6.07, 6.45) is 0. The summed E-state index contributed by atoms with van der Waals surface area (Å²) in [5.41, 5.74) is 8.56. The molecular weight excluding hydrogens is 452 g/mol. The standard InChI is InChI=1S/C20H21BrN6OS/c1-12-8-9-16(15(21)10-12)24-17(28)11-29-13(2)18-25-19(22)27-20(26-18)23-14-6-4-3-5-7-14/h3-10,13H,11H2,1-2H3,(H,24,28)(H3,22,23,25,26,27)/t13-/m0/s1. The monoisotopic (exact) mass is 472 g/mol. The van der Waals surface area contributed by atoms with E-state index in [0.717, 1.165) is 21.4 Å². The number of nitrogen functional groups attached to an aromatic ring is 1. The molecule has 2 aromatic carbocycles. The normalized spacial score (nSPS) is 11.7. The molecule has 0 saturated carbocycles. The molecule has 1 amide bonds. The number of benzene rings is 2. The summed E-state index contributed by atoms with van der Waals surface area (Å²) in [5.74, 6) is 1.18. The minimum Gasteiger partial charge on any atom is -0.368 e. The van der Waals surface area contributed by atoms with Gasteiger partial charge in [0.1, 0.15) is 5.82 Å². The minimum atomic E-state index is -0.135. The van der Waals surface area contributed by atoms with Crippen molar-refractivity contribution < 1.29 is 4.79 Å². The Bertz CT molecular complexity index is 1000. The number of nitrogens with two attached hydrogens (primary N) is 1. The maximum atomic E-state index is 12.3. The SMILES string of the molecule is Cc1ccc(NC(=O)CS[C@@H](C)c2nc(N)nc(Nc3ccccc3)n2)c(Br)c1. The van der Waals surface area contributed by atoms with Gasteiger partial charge in [-0.1, -0.05) is 24.3 Å². The van der Waals surface area contributed by atoms with Crippen molar-refractivity contribution in [2.45, 2.75) is 19.1 Å². The highest BCUT2D eigenvalue weighted by molar-refractivity contribution is 9.10. The van der Waals surface area contributed by atoms with Gasteiger partial charge in [0, 0.05) is 10.2 Å². The first-order valence-electron chi connectivity index (χ1n) is 8.92. The number of hydrogen-bond acceptors (Lipinski definition) is 7. The van der Waals surface area contributed by atoms with Gasteiger partial charge in [0.15, 0.2) is 0 Å². The van der Waals surface area contributed by atoms with Crippen molar-refractivity contribution in [2.24, 2.45) is 0 Å². The smallest absolute Gasteiger partial charge is 0.234 e. The summed E-state index contributed by atoms with van der Waals surface area (Å²) in [6, 6.07) is 15.4. The highest BCUT2D eigenvalue weighted by Crippen LogP contribution is 2.28. The minimum absolute atomic E-state index is 0.101. The van der Waals surface area contributed by atoms with Crippen LogP contribution in [-0.4, -0.2) is 26.6 Å². The van der Waals surface area contributed by atoms with Crippen LogP contribution in [0, 0.1) is 6.92 Å². The Morgan fingerprint density at radius 2 is 1.93 bits per heavy atom. The zero-order chi connectivity index (χ0) is 20.8. The second kappa shape index (κ2) is 9.71. The van der Waals surface area contributed by atoms with Gasteiger partial charge >= 0.3 is 0 Å². The van der Waals surface area contributed by atoms with E-state index in [4.69, 9.17) is 5.73 Å². The average molecular weight is 473 g/mol. The van der Waals surface area contributed by atoms with Gasteiger partial charge < -0.3 is 16.4 Å². The molecule has 0 unspecified atom stereocenters. The predicted molar refractivity (Wildman–Crippen MR) is 122 cm³/mol. The second-order valence-corrected chi connectivity index (χ2v) is 8.53. The Morgan fingerprint density at radius 3 is 2.66 bits per heavy atom. The van der Waals surface area contributed by atoms with E-state index < -0.39 is 0 Å². The first kappa shape index (κ1) is 21.1. The van der Waals surface area contributed by atoms with Crippen molar-refractivity contribution in [1.82, 2.24) is 15.0 Å². The molecule has 9 heteroatoms. The number of amides is 1. The molecule has 0 aliphatic heterocycles. The van der Waals surface area contributed by atoms with Gasteiger partial charge in [0.25, 0.3) is 0 Å². The molecule has 0 bridgehead atoms. The van der Waals surface area contributed by atoms with Gasteiger partial charge in [-0.2, -0.15) is 15.0 Å². The van der Waals surface area contributed by atoms with Crippen LogP contribution in [-0.2, 0) is 4.79 Å². The molecule has 29 heavy (non-hydrogen) atoms. The lowest BCUT2D eigenvalue weighted by Crippen LogP contribution is -2.16. The van der Waals surface area contributed by atoms with Crippen LogP contribution < -0.4 is 16.4 Å². The van der Waals surface area contributed by atoms with E-state index in [-0.39, 0.29) is 22.9 Å². The first-order chi connectivity index (χ1) is 13.9. The number of aryl methyl sites for hydroxylation is 1. The number of para-hydroxylation sites is 1. The second-order valence-electron chi connectivity index (χ2n) is 6.35. The number of carbonyl (C=O) groups is 1. The summed E-state index contributed by atoms with van der Waals surface area (Å²) in [5, 5.41) is 5.88. The molecule has 3 aromatic rings. The fourth-order valence-corrected chi connectivity index (χ4v) is 3.80. The number of hydrogen-bond donors (Lipinski definition) is 3. The van der Waals surface area contributed by atoms with Gasteiger partial charge in [0.2, 0.25) is 17.8 Å². The summed E-state index contributed by atoms with van der Waals surface area (Å²) in [7, 11) is 0. The molecule has 0 aliphatic carbocycles. The Labute approximate surface area is 182 Å². The molecule has 0 saturated heterocycles. The number of nitrogens with one attached hydrogen (secondary N) is 2. The molecule has 0 spiro atoms. The van der Waals surface area contributed by atoms with Crippen LogP contribution in [0.2, 0.25) is 0 Å². The average Bonchev–Trinajstić information content (AvgIpc) is 2.68. The van der Waals surface area contributed by atoms with E-state index in [9.17, 15) is 4.79 Å². The highest BCUT2D eigenvalue weighted by Gasteiger charge is 2.15. The van der Waals surface area contributed by atoms with Gasteiger partial charge in [-0.25, -0.2) is 0 Å². The van der Waals surface area contributed by atoms with Crippen molar-refractivity contribution in [3.05, 3.63) is 64.4 Å². The molecule has 1 atom stereocenters. The van der Waals surface area contributed by atoms with Gasteiger partial charge in [-0.15, -0.1) is 11.8 Å². The van der Waals surface area contributed by atoms with Crippen LogP contribution in [0.5, 0.6) is 0 Å². The van der Waals surface area contributed by atoms with Gasteiger partial charge in [-0.05, 0) is 59.6 Å². The zero-order valence-electron chi connectivity index (χ0n) is 16.0. The maximum Gasteiger partial charge on any atom is 0.234 e. The summed E-state index contributed by atoms with van der Waals surface area (Å²) in [4.78, 5) is 25.1. The van der Waals surface area contributed by atoms with Crippen molar-refractivity contribution in [3.63, 3.8) is 0 Å². The van der Waals surface area contributed by atoms with E-state index >= 15 is 0 Å². The Hall–Kier alpha value is -2.65. The van der Waals surface area contributed by atoms with Crippen LogP contribution in [0.1, 0.15) is 23.6 Å². The van der Waals surface area contributed by atoms with Crippen molar-refractivity contribution in [1.29, 1.82) is 0 Å². The number of anilines is 4. The zero-order valence-corrected chi connectivity index (χ0v) is 18.4. The Kier molecular flexibility index (Phi) is 7.05. The summed E-state index contributed by atoms with van der Waals surface area (Å²) < 4.78 is 0.853. The molecule has 7 nitrogen and oxygen atoms in total. The largest absolute Gasteiger partial charge is 0.368 e. The third-order valence-electron chi connectivity index (χ3n) is 3.93. The van der Waals surface area contributed by atoms with Crippen LogP contribution in [0.3, 0.4) is 0 Å². The maximum absolute atomic E-state index is 12.3. The van der Waals surface area contributed by atoms with E-state index in [2.05, 4.69) is 41.5 Å². The molecule has 150 valence electrons. The third-order valence-corrected chi connectivity index (χ3v) is 5.72. The molecule has 0 aliphatic rings. The van der Waals surface area contributed by atoms with Gasteiger partial charge in [-0.3, -0.25) is 4.79 Å². The number of nitrogens with zero attached hydrogens (tertiary/aromatic N) is 3. The summed E-state index contributed by atoms with van der Waals surface area (Å²) >= 11 is 4.89. The van der Waals surface area contributed by atoms with Crippen LogP contribution in [0.25, 0.3) is 0 Å². The first-order valence-corrected chi connectivity index (χ1v) is 10.8. The lowest BCUT2D eigenvalue weighted by atomic mass is 10.2. The molecule has 1 heterocycles. The van der Waals surface area contributed by atoms with Crippen molar-refractivity contribution >= 4 is 56.9 Å². The van der Waals surface area contributed by atoms with Gasteiger partial charge in [0.05, 0.1) is 16.7 Å². The lowest BCUT2D eigenvalue weighted by Gasteiger charge is -2.13. The fraction of sp³-hybridized carbons (Fsp3) is 0.200. The van der Waals surface area contributed by atoms with E-state index in [1.54, 1.807) is 0 Å². The molecule has 3 rings (SSSR count). The van der Waals surface area contributed by atoms with E-state index in [0.29, 0.717) is 11.8 Å². The number of rotatable bonds is 7. The van der Waals surface area contributed by atoms with E-state index in [1.807, 2.05) is 62.4 Å². The lowest BCUT2D eigenvalue weighted by molar-refractivity contribution is -0.113. The highest BCUT2D eigenvalue weighted by atomic mass is 79.9. The quantitative estimate of drug-likeness (QED) is 0.457. The molecular formula is C20H21BrN6OS. The summed E-state index contributed by atoms with van der Waals surface area (Å²) in [6.45, 7) is 3.93. The molecule has 0 fully saturated rings. The third kappa shape index (κ3) is 6.16. The molecule has 1 aromatic heterocycles. The Balaban J connectivity index is 1.61. The number of carbonyl (C=O) groups excluding carboxylic acids is 1. The van der Waals surface area contributed by atoms with E-state index in [1.165, 1.54) is 11.8 Å². The molecule has 0 radical (unpaired) electrons. The number of halogens is 1. The fourth-order valence-electron chi connectivity index (χ4n) is 2.48. The van der Waals surface area contributed by atoms with Crippen LogP contribution >= 0.6 is 27.7 Å². The van der Waals surface area contributed by atoms with Crippen LogP contribution in [0.4, 0.5) is 23.3 Å². The molecule has 4 N–H and O–H groups in total. The number of aromatic nitrogens is 3.